The average Bonchev–Trinajstić information content (AvgIpc) is 2.40. The molecule has 1 aliphatic heterocycles. The first kappa shape index (κ1) is 17.4. The molecule has 0 spiro atoms. The quantitative estimate of drug-likeness (QED) is 0.825. The third-order valence-corrected chi connectivity index (χ3v) is 4.48. The lowest BCUT2D eigenvalue weighted by atomic mass is 10.1. The summed E-state index contributed by atoms with van der Waals surface area (Å²) in [5.41, 5.74) is 0.991. The molecule has 2 N–H and O–H groups in total. The normalized spacial score (nSPS) is 15.4. The fraction of sp³-hybridized carbons (Fsp3) is 0.333. The second-order valence-corrected chi connectivity index (χ2v) is 6.39. The second-order valence-electron chi connectivity index (χ2n) is 4.22. The number of nitrogens with one attached hydrogen (secondary N) is 2. The molecule has 8 heteroatoms. The van der Waals surface area contributed by atoms with Gasteiger partial charge in [0.2, 0.25) is 10.0 Å². The number of sulfonamides is 1. The topological polar surface area (TPSA) is 58.2 Å². The minimum Gasteiger partial charge on any atom is -0.313 e. The summed E-state index contributed by atoms with van der Waals surface area (Å²) in [5, 5.41) is 3.31. The van der Waals surface area contributed by atoms with E-state index in [-0.39, 0.29) is 24.0 Å². The number of hydrogen-bond acceptors (Lipinski definition) is 3. The van der Waals surface area contributed by atoms with Crippen molar-refractivity contribution in [3.63, 3.8) is 0 Å². The molecule has 2 rings (SSSR count). The Bertz CT molecular complexity index is 605. The minimum absolute atomic E-state index is 0. The molecule has 0 bridgehead atoms. The Labute approximate surface area is 128 Å². The Balaban J connectivity index is 0.00000200. The van der Waals surface area contributed by atoms with Gasteiger partial charge in [0, 0.05) is 18.1 Å². The molecular formula is C12H15Cl2FN2O2S. The van der Waals surface area contributed by atoms with Crippen LogP contribution in [0, 0.1) is 5.82 Å². The highest BCUT2D eigenvalue weighted by atomic mass is 35.5. The number of rotatable bonds is 4. The summed E-state index contributed by atoms with van der Waals surface area (Å²) >= 11 is 5.69. The van der Waals surface area contributed by atoms with Crippen molar-refractivity contribution in [3.05, 3.63) is 40.7 Å². The van der Waals surface area contributed by atoms with Crippen LogP contribution in [-0.4, -0.2) is 28.1 Å². The number of halogens is 3. The zero-order valence-corrected chi connectivity index (χ0v) is 12.9. The summed E-state index contributed by atoms with van der Waals surface area (Å²) in [7, 11) is -3.88. The van der Waals surface area contributed by atoms with Gasteiger partial charge >= 0.3 is 0 Å². The van der Waals surface area contributed by atoms with E-state index in [2.05, 4.69) is 10.0 Å². The zero-order valence-electron chi connectivity index (χ0n) is 10.5. The highest BCUT2D eigenvalue weighted by Gasteiger charge is 2.19. The molecule has 20 heavy (non-hydrogen) atoms. The SMILES string of the molecule is Cl.O=S(=O)(NCC1=CCNCC1)c1cc(Cl)ccc1F. The van der Waals surface area contributed by atoms with Gasteiger partial charge in [-0.05, 0) is 31.2 Å². The molecule has 0 amide bonds. The molecule has 0 radical (unpaired) electrons. The Hall–Kier alpha value is -0.660. The van der Waals surface area contributed by atoms with Crippen LogP contribution in [-0.2, 0) is 10.0 Å². The molecule has 1 aromatic rings. The van der Waals surface area contributed by atoms with Crippen molar-refractivity contribution in [2.45, 2.75) is 11.3 Å². The van der Waals surface area contributed by atoms with Crippen molar-refractivity contribution >= 4 is 34.0 Å². The van der Waals surface area contributed by atoms with Gasteiger partial charge in [0.15, 0.2) is 0 Å². The van der Waals surface area contributed by atoms with Crippen molar-refractivity contribution in [1.82, 2.24) is 10.0 Å². The van der Waals surface area contributed by atoms with Crippen LogP contribution < -0.4 is 10.0 Å². The van der Waals surface area contributed by atoms with Crippen molar-refractivity contribution in [2.75, 3.05) is 19.6 Å². The fourth-order valence-corrected chi connectivity index (χ4v) is 3.15. The van der Waals surface area contributed by atoms with E-state index < -0.39 is 20.7 Å². The molecule has 1 aromatic carbocycles. The molecule has 0 saturated carbocycles. The summed E-state index contributed by atoms with van der Waals surface area (Å²) in [4.78, 5) is -0.422. The van der Waals surface area contributed by atoms with Crippen molar-refractivity contribution in [3.8, 4) is 0 Å². The third-order valence-electron chi connectivity index (χ3n) is 2.83. The zero-order chi connectivity index (χ0) is 13.9. The summed E-state index contributed by atoms with van der Waals surface area (Å²) in [6.45, 7) is 1.73. The highest BCUT2D eigenvalue weighted by Crippen LogP contribution is 2.19. The predicted molar refractivity (Wildman–Crippen MR) is 79.4 cm³/mol. The molecule has 1 aliphatic rings. The Morgan fingerprint density at radius 2 is 2.15 bits per heavy atom. The molecule has 0 aromatic heterocycles. The Kier molecular flexibility index (Phi) is 6.42. The molecule has 112 valence electrons. The van der Waals surface area contributed by atoms with E-state index in [1.54, 1.807) is 0 Å². The molecule has 4 nitrogen and oxygen atoms in total. The minimum atomic E-state index is -3.88. The van der Waals surface area contributed by atoms with Gasteiger partial charge < -0.3 is 5.32 Å². The Morgan fingerprint density at radius 3 is 2.80 bits per heavy atom. The molecule has 0 fully saturated rings. The average molecular weight is 341 g/mol. The smallest absolute Gasteiger partial charge is 0.243 e. The van der Waals surface area contributed by atoms with Gasteiger partial charge in [-0.2, -0.15) is 0 Å². The maximum absolute atomic E-state index is 13.5. The van der Waals surface area contributed by atoms with Gasteiger partial charge in [-0.25, -0.2) is 17.5 Å². The van der Waals surface area contributed by atoms with Gasteiger partial charge in [0.25, 0.3) is 0 Å². The lowest BCUT2D eigenvalue weighted by Gasteiger charge is -2.15. The van der Waals surface area contributed by atoms with Crippen LogP contribution >= 0.6 is 24.0 Å². The van der Waals surface area contributed by atoms with Crippen molar-refractivity contribution < 1.29 is 12.8 Å². The molecule has 0 aliphatic carbocycles. The van der Waals surface area contributed by atoms with Crippen LogP contribution in [0.25, 0.3) is 0 Å². The van der Waals surface area contributed by atoms with Crippen LogP contribution in [0.5, 0.6) is 0 Å². The Morgan fingerprint density at radius 1 is 1.40 bits per heavy atom. The first-order valence-electron chi connectivity index (χ1n) is 5.82. The van der Waals surface area contributed by atoms with E-state index in [1.165, 1.54) is 6.07 Å². The number of hydrogen-bond donors (Lipinski definition) is 2. The van der Waals surface area contributed by atoms with Crippen molar-refractivity contribution in [1.29, 1.82) is 0 Å². The molecular weight excluding hydrogens is 326 g/mol. The van der Waals surface area contributed by atoms with Crippen LogP contribution in [0.2, 0.25) is 5.02 Å². The van der Waals surface area contributed by atoms with E-state index in [1.807, 2.05) is 6.08 Å². The maximum atomic E-state index is 13.5. The third kappa shape index (κ3) is 4.43. The van der Waals surface area contributed by atoms with Crippen molar-refractivity contribution in [2.24, 2.45) is 0 Å². The first-order valence-corrected chi connectivity index (χ1v) is 7.68. The van der Waals surface area contributed by atoms with E-state index in [0.717, 1.165) is 37.2 Å². The fourth-order valence-electron chi connectivity index (χ4n) is 1.78. The largest absolute Gasteiger partial charge is 0.313 e. The van der Waals surface area contributed by atoms with Crippen LogP contribution in [0.15, 0.2) is 34.7 Å². The molecule has 0 saturated heterocycles. The van der Waals surface area contributed by atoms with Crippen LogP contribution in [0.3, 0.4) is 0 Å². The van der Waals surface area contributed by atoms with Crippen LogP contribution in [0.4, 0.5) is 4.39 Å². The van der Waals surface area contributed by atoms with Gasteiger partial charge in [0.05, 0.1) is 0 Å². The standard InChI is InChI=1S/C12H14ClFN2O2S.ClH/c13-10-1-2-11(14)12(7-10)19(17,18)16-8-9-3-5-15-6-4-9;/h1-3,7,15-16H,4-6,8H2;1H. The molecule has 1 heterocycles. The number of benzene rings is 1. The first-order chi connectivity index (χ1) is 8.99. The molecule has 0 atom stereocenters. The summed E-state index contributed by atoms with van der Waals surface area (Å²) < 4.78 is 39.9. The lowest BCUT2D eigenvalue weighted by Crippen LogP contribution is -2.30. The van der Waals surface area contributed by atoms with E-state index in [0.29, 0.717) is 0 Å². The predicted octanol–water partition coefficient (Wildman–Crippen LogP) is 2.10. The second kappa shape index (κ2) is 7.38. The van der Waals surface area contributed by atoms with E-state index in [9.17, 15) is 12.8 Å². The van der Waals surface area contributed by atoms with E-state index in [4.69, 9.17) is 11.6 Å². The summed E-state index contributed by atoms with van der Waals surface area (Å²) in [6.07, 6.45) is 2.71. The van der Waals surface area contributed by atoms with Gasteiger partial charge in [-0.3, -0.25) is 0 Å². The highest BCUT2D eigenvalue weighted by molar-refractivity contribution is 7.89. The summed E-state index contributed by atoms with van der Waals surface area (Å²) in [5.74, 6) is -0.809. The van der Waals surface area contributed by atoms with Gasteiger partial charge in [-0.1, -0.05) is 23.3 Å². The van der Waals surface area contributed by atoms with Gasteiger partial charge in [0.1, 0.15) is 10.7 Å². The molecule has 0 unspecified atom stereocenters. The summed E-state index contributed by atoms with van der Waals surface area (Å²) in [6, 6.07) is 3.46. The maximum Gasteiger partial charge on any atom is 0.243 e. The van der Waals surface area contributed by atoms with E-state index >= 15 is 0 Å². The van der Waals surface area contributed by atoms with Gasteiger partial charge in [-0.15, -0.1) is 12.4 Å². The lowest BCUT2D eigenvalue weighted by molar-refractivity contribution is 0.558. The monoisotopic (exact) mass is 340 g/mol. The van der Waals surface area contributed by atoms with Crippen LogP contribution in [0.1, 0.15) is 6.42 Å².